The van der Waals surface area contributed by atoms with Crippen molar-refractivity contribution >= 4 is 46.2 Å². The van der Waals surface area contributed by atoms with E-state index in [0.717, 1.165) is 3.91 Å². The van der Waals surface area contributed by atoms with E-state index < -0.39 is 30.9 Å². The summed E-state index contributed by atoms with van der Waals surface area (Å²) in [6.45, 7) is 23.0. The number of halogens is 1. The second-order valence-corrected chi connectivity index (χ2v) is 36.7. The molecule has 0 aromatic carbocycles. The third kappa shape index (κ3) is 2.71. The second kappa shape index (κ2) is 5.21. The van der Waals surface area contributed by atoms with E-state index in [-0.39, 0.29) is 0 Å². The van der Waals surface area contributed by atoms with Gasteiger partial charge >= 0.3 is 0 Å². The summed E-state index contributed by atoms with van der Waals surface area (Å²) in [6.07, 6.45) is 3.00. The van der Waals surface area contributed by atoms with Gasteiger partial charge in [0.1, 0.15) is 6.69 Å². The summed E-state index contributed by atoms with van der Waals surface area (Å²) in [5.74, 6) is 0. The van der Waals surface area contributed by atoms with E-state index in [1.165, 1.54) is 12.8 Å². The lowest BCUT2D eigenvalue weighted by molar-refractivity contribution is 0.935. The van der Waals surface area contributed by atoms with Gasteiger partial charge in [-0.25, -0.2) is 0 Å². The molecule has 0 saturated carbocycles. The van der Waals surface area contributed by atoms with E-state index in [2.05, 4.69) is 74.2 Å². The maximum atomic E-state index is 4.52. The highest BCUT2D eigenvalue weighted by molar-refractivity contribution is 9.26. The fourth-order valence-electron chi connectivity index (χ4n) is 6.70. The average Bonchev–Trinajstić information content (AvgIpc) is 2.43. The van der Waals surface area contributed by atoms with Crippen LogP contribution in [0.5, 0.6) is 0 Å². The predicted octanol–water partition coefficient (Wildman–Crippen LogP) is 6.49. The summed E-state index contributed by atoms with van der Waals surface area (Å²) in [4.78, 5) is 0. The van der Waals surface area contributed by atoms with Gasteiger partial charge in [0.25, 0.3) is 0 Å². The first-order valence-electron chi connectivity index (χ1n) is 7.90. The summed E-state index contributed by atoms with van der Waals surface area (Å²) in [5, 5.41) is 0. The van der Waals surface area contributed by atoms with Crippen LogP contribution >= 0.6 is 15.3 Å². The lowest BCUT2D eigenvalue weighted by atomic mass is 10.4. The molecule has 0 atom stereocenters. The van der Waals surface area contributed by atoms with Gasteiger partial charge in [0, 0.05) is 24.2 Å². The molecule has 1 aliphatic rings. The summed E-state index contributed by atoms with van der Waals surface area (Å²) < 4.78 is 0.802. The molecule has 1 saturated heterocycles. The molecule has 0 N–H and O–H groups in total. The molecule has 19 heavy (non-hydrogen) atoms. The molecule has 0 aromatic heterocycles. The minimum atomic E-state index is -1.27. The predicted molar refractivity (Wildman–Crippen MR) is 106 cm³/mol. The molecule has 0 nitrogen and oxygen atoms in total. The highest BCUT2D eigenvalue weighted by atomic mass is 79.9. The smallest absolute Gasteiger partial charge is 0.127 e. The zero-order valence-corrected chi connectivity index (χ0v) is 20.3. The summed E-state index contributed by atoms with van der Waals surface area (Å²) in [7, 11) is -3.62. The van der Waals surface area contributed by atoms with Crippen LogP contribution in [-0.2, 0) is 0 Å². The molecule has 1 heterocycles. The number of hydrogen-bond donors (Lipinski definition) is 0. The van der Waals surface area contributed by atoms with Crippen molar-refractivity contribution in [2.24, 2.45) is 0 Å². The van der Waals surface area contributed by atoms with Gasteiger partial charge in [-0.05, 0) is 16.0 Å². The van der Waals surface area contributed by atoms with Gasteiger partial charge in [0.05, 0.1) is 0 Å². The zero-order valence-electron chi connectivity index (χ0n) is 14.7. The topological polar surface area (TPSA) is 0 Å². The molecule has 114 valence electrons. The van der Waals surface area contributed by atoms with Crippen molar-refractivity contribution < 1.29 is 0 Å². The van der Waals surface area contributed by atoms with E-state index in [1.54, 1.807) is 12.1 Å². The first-order chi connectivity index (χ1) is 8.21. The average molecular weight is 396 g/mol. The van der Waals surface area contributed by atoms with E-state index in [4.69, 9.17) is 0 Å². The molecular weight excluding hydrogens is 360 g/mol. The molecule has 0 radical (unpaired) electrons. The molecule has 0 bridgehead atoms. The van der Waals surface area contributed by atoms with Crippen LogP contribution < -0.4 is 0 Å². The summed E-state index contributed by atoms with van der Waals surface area (Å²) in [5.41, 5.74) is 0. The van der Waals surface area contributed by atoms with Gasteiger partial charge in [-0.2, -0.15) is 0 Å². The Balaban J connectivity index is 3.64. The van der Waals surface area contributed by atoms with Gasteiger partial charge in [-0.1, -0.05) is 71.8 Å². The molecule has 0 amide bonds. The fourth-order valence-corrected chi connectivity index (χ4v) is 72.4. The van der Waals surface area contributed by atoms with Gasteiger partial charge in [0.2, 0.25) is 0 Å². The number of hydrogen-bond acceptors (Lipinski definition) is 0. The van der Waals surface area contributed by atoms with Crippen molar-refractivity contribution in [3.8, 4) is 0 Å². The molecule has 1 aliphatic heterocycles. The lowest BCUT2D eigenvalue weighted by Crippen LogP contribution is -2.74. The first-order valence-corrected chi connectivity index (χ1v) is 23.1. The van der Waals surface area contributed by atoms with Gasteiger partial charge in [-0.15, -0.1) is 15.3 Å². The Morgan fingerprint density at radius 1 is 0.684 bits per heavy atom. The van der Waals surface area contributed by atoms with Crippen LogP contribution in [0, 0.1) is 0 Å². The third-order valence-corrected chi connectivity index (χ3v) is 47.8. The van der Waals surface area contributed by atoms with Crippen LogP contribution in [-0.4, -0.2) is 30.9 Å². The van der Waals surface area contributed by atoms with Gasteiger partial charge < -0.3 is 0 Å². The van der Waals surface area contributed by atoms with Crippen molar-refractivity contribution in [1.29, 1.82) is 0 Å². The summed E-state index contributed by atoms with van der Waals surface area (Å²) >= 11 is 4.52. The van der Waals surface area contributed by atoms with Crippen LogP contribution in [0.1, 0.15) is 12.8 Å². The lowest BCUT2D eigenvalue weighted by Gasteiger charge is -2.65. The molecular formula is C14H35BrSi4. The maximum Gasteiger partial charge on any atom is 0.128 e. The van der Waals surface area contributed by atoms with Gasteiger partial charge in [0.15, 0.2) is 0 Å². The van der Waals surface area contributed by atoms with Crippen LogP contribution in [0.2, 0.25) is 74.9 Å². The van der Waals surface area contributed by atoms with Crippen molar-refractivity contribution in [3.05, 3.63) is 0 Å². The SMILES string of the molecule is C[Si](C)(C)C([Si](C)(C)C)([Si](C)(C)C)[Si]1(Br)CCCC1. The van der Waals surface area contributed by atoms with E-state index in [1.807, 2.05) is 0 Å². The van der Waals surface area contributed by atoms with Crippen molar-refractivity contribution in [2.75, 3.05) is 0 Å². The largest absolute Gasteiger partial charge is 0.128 e. The zero-order chi connectivity index (χ0) is 15.3. The third-order valence-electron chi connectivity index (χ3n) is 5.44. The summed E-state index contributed by atoms with van der Waals surface area (Å²) in [6, 6.07) is 3.12. The van der Waals surface area contributed by atoms with Crippen molar-refractivity contribution in [1.82, 2.24) is 0 Å². The Morgan fingerprint density at radius 3 is 1.16 bits per heavy atom. The highest BCUT2D eigenvalue weighted by Gasteiger charge is 2.69. The highest BCUT2D eigenvalue weighted by Crippen LogP contribution is 2.65. The Hall–Kier alpha value is 1.35. The molecule has 1 fully saturated rings. The first kappa shape index (κ1) is 18.4. The molecule has 5 heteroatoms. The number of rotatable bonds is 4. The molecule has 1 rings (SSSR count). The van der Waals surface area contributed by atoms with E-state index >= 15 is 0 Å². The minimum absolute atomic E-state index is 0.802. The van der Waals surface area contributed by atoms with Crippen LogP contribution in [0.25, 0.3) is 0 Å². The van der Waals surface area contributed by atoms with Crippen LogP contribution in [0.4, 0.5) is 0 Å². The van der Waals surface area contributed by atoms with Gasteiger partial charge in [-0.3, -0.25) is 0 Å². The Labute approximate surface area is 133 Å². The molecule has 0 aliphatic carbocycles. The van der Waals surface area contributed by atoms with Crippen LogP contribution in [0.15, 0.2) is 0 Å². The Bertz CT molecular complexity index is 291. The van der Waals surface area contributed by atoms with E-state index in [0.29, 0.717) is 0 Å². The normalized spacial score (nSPS) is 21.8. The Morgan fingerprint density at radius 2 is 0.947 bits per heavy atom. The second-order valence-electron chi connectivity index (χ2n) is 9.67. The quantitative estimate of drug-likeness (QED) is 0.377. The van der Waals surface area contributed by atoms with Crippen molar-refractivity contribution in [3.63, 3.8) is 0 Å². The Kier molecular flexibility index (Phi) is 5.05. The molecule has 0 spiro atoms. The molecule has 0 aromatic rings. The maximum absolute atomic E-state index is 4.52. The monoisotopic (exact) mass is 394 g/mol. The standard InChI is InChI=1S/C14H35BrSi4/c1-16(2,3)14(17(4,5)6,18(7,8)9)19(15)12-10-11-13-19/h10-13H2,1-9H3. The van der Waals surface area contributed by atoms with E-state index in [9.17, 15) is 0 Å². The fraction of sp³-hybridized carbons (Fsp3) is 1.00. The van der Waals surface area contributed by atoms with Crippen LogP contribution in [0.3, 0.4) is 0 Å². The molecule has 0 unspecified atom stereocenters. The minimum Gasteiger partial charge on any atom is -0.127 e. The van der Waals surface area contributed by atoms with Crippen molar-refractivity contribution in [2.45, 2.75) is 87.8 Å².